The zero-order valence-corrected chi connectivity index (χ0v) is 8.97. The van der Waals surface area contributed by atoms with Crippen LogP contribution in [0.1, 0.15) is 15.9 Å². The number of carbonyl (C=O) groups is 1. The highest BCUT2D eigenvalue weighted by atomic mass is 16.3. The van der Waals surface area contributed by atoms with Crippen molar-refractivity contribution in [1.29, 1.82) is 0 Å². The van der Waals surface area contributed by atoms with E-state index in [1.165, 1.54) is 0 Å². The molecule has 0 bridgehead atoms. The molecule has 0 aliphatic rings. The van der Waals surface area contributed by atoms with E-state index in [-0.39, 0.29) is 5.75 Å². The van der Waals surface area contributed by atoms with E-state index in [0.29, 0.717) is 11.1 Å². The monoisotopic (exact) mass is 212 g/mol. The Hall–Kier alpha value is -2.09. The first-order valence-corrected chi connectivity index (χ1v) is 5.06. The van der Waals surface area contributed by atoms with E-state index in [4.69, 9.17) is 0 Å². The molecule has 0 saturated heterocycles. The molecule has 2 aromatic carbocycles. The number of carbonyl (C=O) groups excluding carboxylic acids is 1. The molecule has 0 aromatic heterocycles. The highest BCUT2D eigenvalue weighted by Gasteiger charge is 2.05. The maximum Gasteiger partial charge on any atom is 0.150 e. The molecule has 0 amide bonds. The van der Waals surface area contributed by atoms with Gasteiger partial charge in [-0.05, 0) is 30.7 Å². The van der Waals surface area contributed by atoms with Crippen molar-refractivity contribution in [2.45, 2.75) is 6.92 Å². The average molecular weight is 212 g/mol. The van der Waals surface area contributed by atoms with Crippen molar-refractivity contribution in [3.05, 3.63) is 53.6 Å². The first-order chi connectivity index (χ1) is 7.70. The lowest BCUT2D eigenvalue weighted by molar-refractivity contribution is 0.112. The molecule has 16 heavy (non-hydrogen) atoms. The number of benzene rings is 2. The van der Waals surface area contributed by atoms with Crippen molar-refractivity contribution in [2.75, 3.05) is 0 Å². The van der Waals surface area contributed by atoms with Gasteiger partial charge in [0.1, 0.15) is 12.0 Å². The molecule has 0 saturated carbocycles. The number of hydrogen-bond acceptors (Lipinski definition) is 2. The summed E-state index contributed by atoms with van der Waals surface area (Å²) in [6, 6.07) is 12.6. The second kappa shape index (κ2) is 4.19. The van der Waals surface area contributed by atoms with E-state index in [1.807, 2.05) is 31.2 Å². The SMILES string of the molecule is Cc1cccc(-c2cc(C=O)ccc2O)c1. The van der Waals surface area contributed by atoms with Gasteiger partial charge in [-0.2, -0.15) is 0 Å². The van der Waals surface area contributed by atoms with Gasteiger partial charge in [-0.3, -0.25) is 4.79 Å². The van der Waals surface area contributed by atoms with Crippen LogP contribution >= 0.6 is 0 Å². The standard InChI is InChI=1S/C14H12O2/c1-10-3-2-4-12(7-10)13-8-11(9-15)5-6-14(13)16/h2-9,16H,1H3. The lowest BCUT2D eigenvalue weighted by Gasteiger charge is -2.06. The second-order valence-corrected chi connectivity index (χ2v) is 3.76. The summed E-state index contributed by atoms with van der Waals surface area (Å²) in [4.78, 5) is 10.7. The van der Waals surface area contributed by atoms with Gasteiger partial charge >= 0.3 is 0 Å². The minimum absolute atomic E-state index is 0.191. The third-order valence-corrected chi connectivity index (χ3v) is 2.49. The van der Waals surface area contributed by atoms with E-state index < -0.39 is 0 Å². The van der Waals surface area contributed by atoms with Crippen LogP contribution in [0.3, 0.4) is 0 Å². The average Bonchev–Trinajstić information content (AvgIpc) is 2.30. The van der Waals surface area contributed by atoms with Gasteiger partial charge in [-0.1, -0.05) is 29.8 Å². The van der Waals surface area contributed by atoms with Crippen molar-refractivity contribution >= 4 is 6.29 Å². The number of aromatic hydroxyl groups is 1. The third kappa shape index (κ3) is 1.96. The van der Waals surface area contributed by atoms with Gasteiger partial charge in [0.05, 0.1) is 0 Å². The fourth-order valence-corrected chi connectivity index (χ4v) is 1.67. The first-order valence-electron chi connectivity index (χ1n) is 5.06. The van der Waals surface area contributed by atoms with Gasteiger partial charge < -0.3 is 5.11 Å². The minimum Gasteiger partial charge on any atom is -0.507 e. The van der Waals surface area contributed by atoms with Gasteiger partial charge in [-0.15, -0.1) is 0 Å². The summed E-state index contributed by atoms with van der Waals surface area (Å²) < 4.78 is 0. The summed E-state index contributed by atoms with van der Waals surface area (Å²) in [6.07, 6.45) is 0.777. The highest BCUT2D eigenvalue weighted by molar-refractivity contribution is 5.81. The van der Waals surface area contributed by atoms with E-state index >= 15 is 0 Å². The summed E-state index contributed by atoms with van der Waals surface area (Å²) in [5.74, 6) is 0.191. The van der Waals surface area contributed by atoms with Crippen molar-refractivity contribution in [3.8, 4) is 16.9 Å². The molecule has 0 aliphatic heterocycles. The van der Waals surface area contributed by atoms with Crippen LogP contribution in [-0.4, -0.2) is 11.4 Å². The summed E-state index contributed by atoms with van der Waals surface area (Å²) in [6.45, 7) is 1.99. The molecule has 0 atom stereocenters. The lowest BCUT2D eigenvalue weighted by atomic mass is 10.0. The Labute approximate surface area is 94.2 Å². The molecule has 80 valence electrons. The lowest BCUT2D eigenvalue weighted by Crippen LogP contribution is -1.84. The van der Waals surface area contributed by atoms with E-state index in [2.05, 4.69) is 0 Å². The molecule has 0 fully saturated rings. The van der Waals surface area contributed by atoms with Crippen molar-refractivity contribution < 1.29 is 9.90 Å². The number of hydrogen-bond donors (Lipinski definition) is 1. The Balaban J connectivity index is 2.58. The molecular weight excluding hydrogens is 200 g/mol. The maximum absolute atomic E-state index is 10.7. The number of aldehydes is 1. The maximum atomic E-state index is 10.7. The molecule has 2 aromatic rings. The first kappa shape index (κ1) is 10.4. The van der Waals surface area contributed by atoms with Crippen molar-refractivity contribution in [3.63, 3.8) is 0 Å². The van der Waals surface area contributed by atoms with E-state index in [9.17, 15) is 9.90 Å². The van der Waals surface area contributed by atoms with Gasteiger partial charge in [-0.25, -0.2) is 0 Å². The van der Waals surface area contributed by atoms with E-state index in [0.717, 1.165) is 17.4 Å². The highest BCUT2D eigenvalue weighted by Crippen LogP contribution is 2.30. The number of rotatable bonds is 2. The Bertz CT molecular complexity index is 530. The summed E-state index contributed by atoms with van der Waals surface area (Å²) in [7, 11) is 0. The Morgan fingerprint density at radius 3 is 2.62 bits per heavy atom. The van der Waals surface area contributed by atoms with Crippen LogP contribution in [-0.2, 0) is 0 Å². The summed E-state index contributed by atoms with van der Waals surface area (Å²) in [5, 5.41) is 9.76. The largest absolute Gasteiger partial charge is 0.507 e. The fourth-order valence-electron chi connectivity index (χ4n) is 1.67. The van der Waals surface area contributed by atoms with Gasteiger partial charge in [0.15, 0.2) is 0 Å². The van der Waals surface area contributed by atoms with Crippen molar-refractivity contribution in [2.24, 2.45) is 0 Å². The van der Waals surface area contributed by atoms with Crippen LogP contribution in [0, 0.1) is 6.92 Å². The zero-order valence-electron chi connectivity index (χ0n) is 8.97. The Kier molecular flexibility index (Phi) is 2.73. The van der Waals surface area contributed by atoms with Crippen LogP contribution in [0.25, 0.3) is 11.1 Å². The summed E-state index contributed by atoms with van der Waals surface area (Å²) >= 11 is 0. The topological polar surface area (TPSA) is 37.3 Å². The van der Waals surface area contributed by atoms with Gasteiger partial charge in [0.2, 0.25) is 0 Å². The number of aryl methyl sites for hydroxylation is 1. The number of phenols is 1. The molecular formula is C14H12O2. The van der Waals surface area contributed by atoms with Crippen LogP contribution in [0.4, 0.5) is 0 Å². The Morgan fingerprint density at radius 2 is 1.94 bits per heavy atom. The summed E-state index contributed by atoms with van der Waals surface area (Å²) in [5.41, 5.74) is 3.29. The van der Waals surface area contributed by atoms with Gasteiger partial charge in [0, 0.05) is 11.1 Å². The molecule has 2 rings (SSSR count). The smallest absolute Gasteiger partial charge is 0.150 e. The predicted molar refractivity (Wildman–Crippen MR) is 63.7 cm³/mol. The quantitative estimate of drug-likeness (QED) is 0.776. The Morgan fingerprint density at radius 1 is 1.12 bits per heavy atom. The molecule has 1 N–H and O–H groups in total. The van der Waals surface area contributed by atoms with Gasteiger partial charge in [0.25, 0.3) is 0 Å². The van der Waals surface area contributed by atoms with Crippen LogP contribution in [0.2, 0.25) is 0 Å². The fraction of sp³-hybridized carbons (Fsp3) is 0.0714. The third-order valence-electron chi connectivity index (χ3n) is 2.49. The molecule has 2 nitrogen and oxygen atoms in total. The molecule has 0 unspecified atom stereocenters. The van der Waals surface area contributed by atoms with Crippen molar-refractivity contribution in [1.82, 2.24) is 0 Å². The molecule has 2 heteroatoms. The molecule has 0 spiro atoms. The van der Waals surface area contributed by atoms with Crippen LogP contribution in [0.5, 0.6) is 5.75 Å². The molecule has 0 radical (unpaired) electrons. The normalized spacial score (nSPS) is 10.1. The molecule has 0 aliphatic carbocycles. The van der Waals surface area contributed by atoms with E-state index in [1.54, 1.807) is 18.2 Å². The van der Waals surface area contributed by atoms with Crippen LogP contribution in [0.15, 0.2) is 42.5 Å². The number of phenolic OH excluding ortho intramolecular Hbond substituents is 1. The second-order valence-electron chi connectivity index (χ2n) is 3.76. The van der Waals surface area contributed by atoms with Crippen LogP contribution < -0.4 is 0 Å². The minimum atomic E-state index is 0.191. The zero-order chi connectivity index (χ0) is 11.5. The predicted octanol–water partition coefficient (Wildman–Crippen LogP) is 3.18. The molecule has 0 heterocycles.